The van der Waals surface area contributed by atoms with Gasteiger partial charge < -0.3 is 4.98 Å². The van der Waals surface area contributed by atoms with Crippen LogP contribution in [0.5, 0.6) is 0 Å². The van der Waals surface area contributed by atoms with Gasteiger partial charge in [-0.2, -0.15) is 5.10 Å². The van der Waals surface area contributed by atoms with E-state index in [2.05, 4.69) is 15.1 Å². The fourth-order valence-electron chi connectivity index (χ4n) is 1.95. The van der Waals surface area contributed by atoms with Gasteiger partial charge in [-0.25, -0.2) is 4.98 Å². The molecule has 90 valence electrons. The van der Waals surface area contributed by atoms with E-state index in [1.54, 1.807) is 11.7 Å². The minimum absolute atomic E-state index is 0.140. The number of benzene rings is 1. The van der Waals surface area contributed by atoms with Gasteiger partial charge in [-0.3, -0.25) is 9.48 Å². The monoisotopic (exact) mass is 240 g/mol. The highest BCUT2D eigenvalue weighted by molar-refractivity contribution is 5.72. The van der Waals surface area contributed by atoms with E-state index in [0.717, 1.165) is 5.56 Å². The third kappa shape index (κ3) is 1.79. The van der Waals surface area contributed by atoms with Crippen molar-refractivity contribution in [2.24, 2.45) is 7.05 Å². The average molecular weight is 240 g/mol. The molecule has 0 saturated heterocycles. The van der Waals surface area contributed by atoms with Crippen LogP contribution in [-0.2, 0) is 13.5 Å². The lowest BCUT2D eigenvalue weighted by atomic mass is 10.1. The number of H-pyrrole nitrogens is 1. The van der Waals surface area contributed by atoms with Crippen molar-refractivity contribution in [1.82, 2.24) is 19.7 Å². The smallest absolute Gasteiger partial charge is 0.262 e. The maximum absolute atomic E-state index is 11.9. The van der Waals surface area contributed by atoms with Crippen molar-refractivity contribution in [3.63, 3.8) is 0 Å². The number of aromatic amines is 1. The topological polar surface area (TPSA) is 63.6 Å². The Kier molecular flexibility index (Phi) is 2.44. The Morgan fingerprint density at radius 2 is 2.06 bits per heavy atom. The lowest BCUT2D eigenvalue weighted by Crippen LogP contribution is -2.12. The largest absolute Gasteiger partial charge is 0.310 e. The first kappa shape index (κ1) is 10.7. The summed E-state index contributed by atoms with van der Waals surface area (Å²) in [6, 6.07) is 9.91. The second-order valence-corrected chi connectivity index (χ2v) is 4.18. The molecule has 0 atom stereocenters. The average Bonchev–Trinajstić information content (AvgIpc) is 2.73. The van der Waals surface area contributed by atoms with E-state index in [1.807, 2.05) is 30.3 Å². The quantitative estimate of drug-likeness (QED) is 0.733. The van der Waals surface area contributed by atoms with Crippen LogP contribution >= 0.6 is 0 Å². The van der Waals surface area contributed by atoms with Crippen LogP contribution in [0.25, 0.3) is 11.0 Å². The Bertz CT molecular complexity index is 743. The molecule has 5 nitrogen and oxygen atoms in total. The summed E-state index contributed by atoms with van der Waals surface area (Å²) >= 11 is 0. The van der Waals surface area contributed by atoms with Crippen molar-refractivity contribution in [3.8, 4) is 0 Å². The molecule has 0 aliphatic rings. The minimum Gasteiger partial charge on any atom is -0.310 e. The number of fused-ring (bicyclic) bond motifs is 1. The van der Waals surface area contributed by atoms with Gasteiger partial charge in [0.2, 0.25) is 0 Å². The molecule has 0 unspecified atom stereocenters. The molecule has 1 N–H and O–H groups in total. The van der Waals surface area contributed by atoms with Crippen LogP contribution < -0.4 is 5.56 Å². The molecule has 0 aliphatic heterocycles. The molecule has 0 bridgehead atoms. The molecule has 3 aromatic rings. The molecule has 0 amide bonds. The van der Waals surface area contributed by atoms with E-state index in [-0.39, 0.29) is 5.56 Å². The number of aromatic nitrogens is 4. The maximum Gasteiger partial charge on any atom is 0.262 e. The molecule has 0 aliphatic carbocycles. The van der Waals surface area contributed by atoms with E-state index in [0.29, 0.717) is 23.3 Å². The highest BCUT2D eigenvalue weighted by Gasteiger charge is 2.08. The zero-order valence-electron chi connectivity index (χ0n) is 9.92. The van der Waals surface area contributed by atoms with Gasteiger partial charge in [-0.15, -0.1) is 0 Å². The molecule has 5 heteroatoms. The molecule has 0 spiro atoms. The van der Waals surface area contributed by atoms with E-state index >= 15 is 0 Å². The number of nitrogens with one attached hydrogen (secondary N) is 1. The van der Waals surface area contributed by atoms with Crippen molar-refractivity contribution < 1.29 is 0 Å². The van der Waals surface area contributed by atoms with Crippen molar-refractivity contribution in [2.45, 2.75) is 6.42 Å². The van der Waals surface area contributed by atoms with Gasteiger partial charge in [0.1, 0.15) is 11.2 Å². The van der Waals surface area contributed by atoms with Crippen molar-refractivity contribution >= 4 is 11.0 Å². The SMILES string of the molecule is Cn1ncc2c(=O)[nH]c(Cc3ccccc3)nc21. The molecule has 3 rings (SSSR count). The minimum atomic E-state index is -0.140. The Hall–Kier alpha value is -2.43. The maximum atomic E-state index is 11.9. The standard InChI is InChI=1S/C13H12N4O/c1-17-12-10(8-14-17)13(18)16-11(15-12)7-9-5-3-2-4-6-9/h2-6,8H,7H2,1H3,(H,15,16,18). The van der Waals surface area contributed by atoms with Crippen molar-refractivity contribution in [1.29, 1.82) is 0 Å². The van der Waals surface area contributed by atoms with Crippen molar-refractivity contribution in [2.75, 3.05) is 0 Å². The van der Waals surface area contributed by atoms with Gasteiger partial charge in [0, 0.05) is 13.5 Å². The summed E-state index contributed by atoms with van der Waals surface area (Å²) in [6.07, 6.45) is 2.14. The first-order valence-electron chi connectivity index (χ1n) is 5.69. The number of nitrogens with zero attached hydrogens (tertiary/aromatic N) is 3. The number of hydrogen-bond acceptors (Lipinski definition) is 3. The van der Waals surface area contributed by atoms with Gasteiger partial charge in [-0.05, 0) is 5.56 Å². The highest BCUT2D eigenvalue weighted by Crippen LogP contribution is 2.08. The van der Waals surface area contributed by atoms with Gasteiger partial charge >= 0.3 is 0 Å². The summed E-state index contributed by atoms with van der Waals surface area (Å²) in [5.41, 5.74) is 1.59. The lowest BCUT2D eigenvalue weighted by molar-refractivity contribution is 0.780. The number of rotatable bonds is 2. The third-order valence-electron chi connectivity index (χ3n) is 2.87. The Morgan fingerprint density at radius 1 is 1.28 bits per heavy atom. The van der Waals surface area contributed by atoms with Crippen LogP contribution in [0.2, 0.25) is 0 Å². The second-order valence-electron chi connectivity index (χ2n) is 4.18. The normalized spacial score (nSPS) is 10.9. The summed E-state index contributed by atoms with van der Waals surface area (Å²) in [5, 5.41) is 4.56. The molecular weight excluding hydrogens is 228 g/mol. The van der Waals surface area contributed by atoms with E-state index < -0.39 is 0 Å². The molecule has 0 fully saturated rings. The zero-order chi connectivity index (χ0) is 12.5. The molecule has 0 saturated carbocycles. The van der Waals surface area contributed by atoms with Gasteiger partial charge in [-0.1, -0.05) is 30.3 Å². The first-order valence-corrected chi connectivity index (χ1v) is 5.69. The van der Waals surface area contributed by atoms with Crippen LogP contribution in [0.15, 0.2) is 41.3 Å². The molecule has 2 aromatic heterocycles. The summed E-state index contributed by atoms with van der Waals surface area (Å²) in [4.78, 5) is 19.1. The van der Waals surface area contributed by atoms with E-state index in [9.17, 15) is 4.79 Å². The van der Waals surface area contributed by atoms with E-state index in [4.69, 9.17) is 0 Å². The molecule has 1 aromatic carbocycles. The summed E-state index contributed by atoms with van der Waals surface area (Å²) in [5.74, 6) is 0.655. The van der Waals surface area contributed by atoms with Crippen LogP contribution in [0.4, 0.5) is 0 Å². The fraction of sp³-hybridized carbons (Fsp3) is 0.154. The summed E-state index contributed by atoms with van der Waals surface area (Å²) in [7, 11) is 1.78. The van der Waals surface area contributed by atoms with Crippen LogP contribution in [0, 0.1) is 0 Å². The predicted octanol–water partition coefficient (Wildman–Crippen LogP) is 1.25. The Labute approximate surface area is 103 Å². The van der Waals surface area contributed by atoms with Crippen molar-refractivity contribution in [3.05, 3.63) is 58.3 Å². The molecule has 2 heterocycles. The number of hydrogen-bond donors (Lipinski definition) is 1. The zero-order valence-corrected chi connectivity index (χ0v) is 9.92. The van der Waals surface area contributed by atoms with E-state index in [1.165, 1.54) is 6.20 Å². The lowest BCUT2D eigenvalue weighted by Gasteiger charge is -2.01. The summed E-state index contributed by atoms with van der Waals surface area (Å²) < 4.78 is 1.61. The molecular formula is C13H12N4O. The highest BCUT2D eigenvalue weighted by atomic mass is 16.1. The van der Waals surface area contributed by atoms with Crippen LogP contribution in [0.1, 0.15) is 11.4 Å². The first-order chi connectivity index (χ1) is 8.74. The third-order valence-corrected chi connectivity index (χ3v) is 2.87. The second kappa shape index (κ2) is 4.10. The van der Waals surface area contributed by atoms with Crippen LogP contribution in [-0.4, -0.2) is 19.7 Å². The van der Waals surface area contributed by atoms with Crippen LogP contribution in [0.3, 0.4) is 0 Å². The Balaban J connectivity index is 2.08. The molecule has 0 radical (unpaired) electrons. The Morgan fingerprint density at radius 3 is 2.83 bits per heavy atom. The van der Waals surface area contributed by atoms with Gasteiger partial charge in [0.05, 0.1) is 6.20 Å². The van der Waals surface area contributed by atoms with Gasteiger partial charge in [0.25, 0.3) is 5.56 Å². The predicted molar refractivity (Wildman–Crippen MR) is 68.4 cm³/mol. The molecule has 18 heavy (non-hydrogen) atoms. The number of aryl methyl sites for hydroxylation is 1. The summed E-state index contributed by atoms with van der Waals surface area (Å²) in [6.45, 7) is 0. The fourth-order valence-corrected chi connectivity index (χ4v) is 1.95. The van der Waals surface area contributed by atoms with Gasteiger partial charge in [0.15, 0.2) is 5.65 Å².